The van der Waals surface area contributed by atoms with E-state index in [9.17, 15) is 4.79 Å². The van der Waals surface area contributed by atoms with E-state index < -0.39 is 11.6 Å². The Balaban J connectivity index is 1.91. The van der Waals surface area contributed by atoms with Crippen LogP contribution in [-0.2, 0) is 4.79 Å². The van der Waals surface area contributed by atoms with Crippen LogP contribution in [-0.4, -0.2) is 16.7 Å². The van der Waals surface area contributed by atoms with Crippen LogP contribution in [0.3, 0.4) is 0 Å². The number of hydrogen-bond donors (Lipinski definition) is 1. The average Bonchev–Trinajstić information content (AvgIpc) is 3.12. The number of carbonyl (C=O) groups is 1. The van der Waals surface area contributed by atoms with E-state index in [0.717, 1.165) is 11.3 Å². The number of aliphatic carboxylic acids is 1. The van der Waals surface area contributed by atoms with E-state index in [1.165, 1.54) is 18.4 Å². The first-order valence-electron chi connectivity index (χ1n) is 6.14. The van der Waals surface area contributed by atoms with Crippen LogP contribution in [0, 0.1) is 6.92 Å². The monoisotopic (exact) mass is 232 g/mol. The van der Waals surface area contributed by atoms with Crippen molar-refractivity contribution in [3.05, 3.63) is 29.3 Å². The Labute approximate surface area is 100 Å². The standard InChI is InChI=1S/C14H16O3/c1-9-2-5-11(10-3-4-10)12(8-9)17-14(6-7-14)13(15)16/h2,5,8,10H,3-4,6-7H2,1H3,(H,15,16). The Bertz CT molecular complexity index is 470. The van der Waals surface area contributed by atoms with Gasteiger partial charge in [0.25, 0.3) is 0 Å². The van der Waals surface area contributed by atoms with E-state index in [1.54, 1.807) is 0 Å². The van der Waals surface area contributed by atoms with E-state index in [4.69, 9.17) is 9.84 Å². The van der Waals surface area contributed by atoms with Crippen LogP contribution in [0.25, 0.3) is 0 Å². The predicted molar refractivity (Wildman–Crippen MR) is 63.4 cm³/mol. The lowest BCUT2D eigenvalue weighted by Gasteiger charge is -2.17. The minimum Gasteiger partial charge on any atom is -0.478 e. The van der Waals surface area contributed by atoms with Crippen LogP contribution in [0.2, 0.25) is 0 Å². The molecule has 1 aromatic rings. The minimum atomic E-state index is -0.933. The Kier molecular flexibility index (Phi) is 2.18. The average molecular weight is 232 g/mol. The first kappa shape index (κ1) is 10.6. The maximum absolute atomic E-state index is 11.1. The highest BCUT2D eigenvalue weighted by atomic mass is 16.5. The number of rotatable bonds is 4. The molecule has 17 heavy (non-hydrogen) atoms. The summed E-state index contributed by atoms with van der Waals surface area (Å²) in [7, 11) is 0. The molecule has 0 radical (unpaired) electrons. The summed E-state index contributed by atoms with van der Waals surface area (Å²) in [5.41, 5.74) is 1.37. The third kappa shape index (κ3) is 1.90. The molecular formula is C14H16O3. The highest BCUT2D eigenvalue weighted by Gasteiger charge is 2.54. The molecule has 0 heterocycles. The lowest BCUT2D eigenvalue weighted by Crippen LogP contribution is -2.29. The van der Waals surface area contributed by atoms with E-state index in [-0.39, 0.29) is 0 Å². The van der Waals surface area contributed by atoms with Crippen molar-refractivity contribution in [1.29, 1.82) is 0 Å². The number of benzene rings is 1. The molecule has 3 heteroatoms. The fourth-order valence-corrected chi connectivity index (χ4v) is 2.15. The van der Waals surface area contributed by atoms with Gasteiger partial charge in [-0.25, -0.2) is 4.79 Å². The first-order chi connectivity index (χ1) is 8.11. The highest BCUT2D eigenvalue weighted by Crippen LogP contribution is 2.48. The van der Waals surface area contributed by atoms with Crippen LogP contribution in [0.5, 0.6) is 5.75 Å². The van der Waals surface area contributed by atoms with Crippen molar-refractivity contribution in [1.82, 2.24) is 0 Å². The van der Waals surface area contributed by atoms with Crippen molar-refractivity contribution in [3.63, 3.8) is 0 Å². The van der Waals surface area contributed by atoms with Gasteiger partial charge in [-0.15, -0.1) is 0 Å². The van der Waals surface area contributed by atoms with E-state index in [0.29, 0.717) is 18.8 Å². The van der Waals surface area contributed by atoms with E-state index in [2.05, 4.69) is 12.1 Å². The molecule has 0 aliphatic heterocycles. The Morgan fingerprint density at radius 3 is 2.65 bits per heavy atom. The summed E-state index contributed by atoms with van der Waals surface area (Å²) in [5.74, 6) is 0.531. The second-order valence-electron chi connectivity index (χ2n) is 5.22. The zero-order chi connectivity index (χ0) is 12.0. The maximum Gasteiger partial charge on any atom is 0.348 e. The fourth-order valence-electron chi connectivity index (χ4n) is 2.15. The summed E-state index contributed by atoms with van der Waals surface area (Å²) >= 11 is 0. The number of hydrogen-bond acceptors (Lipinski definition) is 2. The fraction of sp³-hybridized carbons (Fsp3) is 0.500. The number of ether oxygens (including phenoxy) is 1. The largest absolute Gasteiger partial charge is 0.478 e. The molecule has 3 nitrogen and oxygen atoms in total. The van der Waals surface area contributed by atoms with Crippen LogP contribution in [0.1, 0.15) is 42.7 Å². The molecule has 2 saturated carbocycles. The Morgan fingerprint density at radius 2 is 2.12 bits per heavy atom. The van der Waals surface area contributed by atoms with Gasteiger partial charge >= 0.3 is 5.97 Å². The maximum atomic E-state index is 11.1. The SMILES string of the molecule is Cc1ccc(C2CC2)c(OC2(C(=O)O)CC2)c1. The summed E-state index contributed by atoms with van der Waals surface area (Å²) < 4.78 is 5.79. The molecule has 2 fully saturated rings. The van der Waals surface area contributed by atoms with Gasteiger partial charge in [-0.05, 0) is 42.9 Å². The zero-order valence-corrected chi connectivity index (χ0v) is 9.90. The molecule has 1 aromatic carbocycles. The van der Waals surface area contributed by atoms with E-state index >= 15 is 0 Å². The highest BCUT2D eigenvalue weighted by molar-refractivity contribution is 5.81. The smallest absolute Gasteiger partial charge is 0.348 e. The van der Waals surface area contributed by atoms with Gasteiger partial charge in [-0.3, -0.25) is 0 Å². The van der Waals surface area contributed by atoms with Gasteiger partial charge in [-0.1, -0.05) is 12.1 Å². The zero-order valence-electron chi connectivity index (χ0n) is 9.90. The van der Waals surface area contributed by atoms with Crippen LogP contribution < -0.4 is 4.74 Å². The van der Waals surface area contributed by atoms with Crippen LogP contribution >= 0.6 is 0 Å². The molecule has 0 amide bonds. The molecule has 0 atom stereocenters. The predicted octanol–water partition coefficient (Wildman–Crippen LogP) is 2.87. The van der Waals surface area contributed by atoms with Crippen LogP contribution in [0.15, 0.2) is 18.2 Å². The summed E-state index contributed by atoms with van der Waals surface area (Å²) in [6.07, 6.45) is 3.64. The van der Waals surface area contributed by atoms with Crippen molar-refractivity contribution in [2.75, 3.05) is 0 Å². The van der Waals surface area contributed by atoms with Crippen molar-refractivity contribution < 1.29 is 14.6 Å². The second-order valence-corrected chi connectivity index (χ2v) is 5.22. The van der Waals surface area contributed by atoms with Crippen molar-refractivity contribution >= 4 is 5.97 Å². The van der Waals surface area contributed by atoms with Gasteiger partial charge in [0.15, 0.2) is 0 Å². The molecule has 0 spiro atoms. The lowest BCUT2D eigenvalue weighted by molar-refractivity contribution is -0.147. The molecule has 0 unspecified atom stereocenters. The molecule has 3 rings (SSSR count). The quantitative estimate of drug-likeness (QED) is 0.868. The van der Waals surface area contributed by atoms with Gasteiger partial charge in [-0.2, -0.15) is 0 Å². The lowest BCUT2D eigenvalue weighted by atomic mass is 10.1. The first-order valence-corrected chi connectivity index (χ1v) is 6.14. The molecule has 1 N–H and O–H groups in total. The summed E-state index contributed by atoms with van der Waals surface area (Å²) in [5, 5.41) is 9.15. The van der Waals surface area contributed by atoms with Crippen molar-refractivity contribution in [2.24, 2.45) is 0 Å². The number of carboxylic acids is 1. The second kappa shape index (κ2) is 3.49. The van der Waals surface area contributed by atoms with Gasteiger partial charge in [0, 0.05) is 12.8 Å². The third-order valence-electron chi connectivity index (χ3n) is 3.59. The molecular weight excluding hydrogens is 216 g/mol. The molecule has 90 valence electrons. The number of aryl methyl sites for hydroxylation is 1. The summed E-state index contributed by atoms with van der Waals surface area (Å²) in [4.78, 5) is 11.1. The van der Waals surface area contributed by atoms with Crippen LogP contribution in [0.4, 0.5) is 0 Å². The molecule has 2 aliphatic carbocycles. The van der Waals surface area contributed by atoms with Crippen molar-refractivity contribution in [2.45, 2.75) is 44.1 Å². The minimum absolute atomic E-state index is 0.579. The molecule has 2 aliphatic rings. The van der Waals surface area contributed by atoms with Gasteiger partial charge in [0.05, 0.1) is 0 Å². The van der Waals surface area contributed by atoms with Gasteiger partial charge < -0.3 is 9.84 Å². The van der Waals surface area contributed by atoms with Crippen molar-refractivity contribution in [3.8, 4) is 5.75 Å². The third-order valence-corrected chi connectivity index (χ3v) is 3.59. The number of carboxylic acid groups (broad SMARTS) is 1. The molecule has 0 bridgehead atoms. The topological polar surface area (TPSA) is 46.5 Å². The summed E-state index contributed by atoms with van der Waals surface area (Å²) in [6, 6.07) is 6.12. The summed E-state index contributed by atoms with van der Waals surface area (Å²) in [6.45, 7) is 2.00. The van der Waals surface area contributed by atoms with Gasteiger partial charge in [0.1, 0.15) is 5.75 Å². The molecule has 0 saturated heterocycles. The Morgan fingerprint density at radius 1 is 1.41 bits per heavy atom. The normalized spacial score (nSPS) is 21.0. The van der Waals surface area contributed by atoms with Gasteiger partial charge in [0.2, 0.25) is 5.60 Å². The van der Waals surface area contributed by atoms with E-state index in [1.807, 2.05) is 13.0 Å². The Hall–Kier alpha value is -1.51. The molecule has 0 aromatic heterocycles.